The van der Waals surface area contributed by atoms with E-state index in [2.05, 4.69) is 31.9 Å². The summed E-state index contributed by atoms with van der Waals surface area (Å²) in [6.07, 6.45) is 1.79. The number of carbonyl (C=O) groups is 1. The average Bonchev–Trinajstić information content (AvgIpc) is 3.23. The molecule has 0 aliphatic carbocycles. The monoisotopic (exact) mass is 521 g/mol. The molecule has 0 saturated carbocycles. The van der Waals surface area contributed by atoms with Crippen molar-refractivity contribution < 1.29 is 14.3 Å². The third-order valence-electron chi connectivity index (χ3n) is 5.63. The number of amides is 1. The van der Waals surface area contributed by atoms with Crippen molar-refractivity contribution in [1.29, 1.82) is 0 Å². The summed E-state index contributed by atoms with van der Waals surface area (Å²) < 4.78 is 14.4. The second-order valence-electron chi connectivity index (χ2n) is 8.02. The molecule has 176 valence electrons. The van der Waals surface area contributed by atoms with E-state index in [4.69, 9.17) is 14.5 Å². The molecule has 0 spiro atoms. The Morgan fingerprint density at radius 2 is 1.71 bits per heavy atom. The maximum absolute atomic E-state index is 12.8. The van der Waals surface area contributed by atoms with Crippen LogP contribution in [-0.4, -0.2) is 29.2 Å². The van der Waals surface area contributed by atoms with Gasteiger partial charge in [-0.3, -0.25) is 4.79 Å². The first-order valence-electron chi connectivity index (χ1n) is 11.3. The summed E-state index contributed by atoms with van der Waals surface area (Å²) in [5.74, 6) is 2.21. The van der Waals surface area contributed by atoms with Crippen molar-refractivity contribution in [3.05, 3.63) is 88.7 Å². The number of nitrogens with zero attached hydrogens (tertiary/aromatic N) is 2. The molecule has 1 atom stereocenters. The largest absolute Gasteiger partial charge is 0.493 e. The van der Waals surface area contributed by atoms with Gasteiger partial charge in [0.05, 0.1) is 30.8 Å². The van der Waals surface area contributed by atoms with Gasteiger partial charge in [-0.2, -0.15) is 0 Å². The number of halogens is 1. The van der Waals surface area contributed by atoms with E-state index < -0.39 is 0 Å². The van der Waals surface area contributed by atoms with E-state index in [0.29, 0.717) is 12.2 Å². The molecule has 1 N–H and O–H groups in total. The van der Waals surface area contributed by atoms with Crippen LogP contribution in [0.4, 0.5) is 0 Å². The highest BCUT2D eigenvalue weighted by atomic mass is 79.9. The zero-order chi connectivity index (χ0) is 23.9. The lowest BCUT2D eigenvalue weighted by Gasteiger charge is -2.17. The van der Waals surface area contributed by atoms with Crippen LogP contribution in [0.25, 0.3) is 11.0 Å². The van der Waals surface area contributed by atoms with Gasteiger partial charge in [0.25, 0.3) is 5.91 Å². The fourth-order valence-corrected chi connectivity index (χ4v) is 4.16. The number of para-hydroxylation sites is 4. The molecule has 0 radical (unpaired) electrons. The van der Waals surface area contributed by atoms with Crippen molar-refractivity contribution in [2.45, 2.75) is 32.4 Å². The number of hydrogen-bond donors (Lipinski definition) is 1. The van der Waals surface area contributed by atoms with Gasteiger partial charge < -0.3 is 19.4 Å². The summed E-state index contributed by atoms with van der Waals surface area (Å²) in [4.78, 5) is 17.6. The number of methoxy groups -OCH3 is 1. The number of ether oxygens (including phenoxy) is 2. The lowest BCUT2D eigenvalue weighted by molar-refractivity contribution is 0.0937. The van der Waals surface area contributed by atoms with Gasteiger partial charge in [0.15, 0.2) is 11.5 Å². The van der Waals surface area contributed by atoms with Gasteiger partial charge in [0, 0.05) is 16.6 Å². The summed E-state index contributed by atoms with van der Waals surface area (Å²) in [7, 11) is 1.64. The summed E-state index contributed by atoms with van der Waals surface area (Å²) >= 11 is 3.41. The molecule has 0 aliphatic rings. The van der Waals surface area contributed by atoms with Gasteiger partial charge in [-0.1, -0.05) is 40.2 Å². The van der Waals surface area contributed by atoms with E-state index >= 15 is 0 Å². The molecule has 1 unspecified atom stereocenters. The zero-order valence-electron chi connectivity index (χ0n) is 19.3. The van der Waals surface area contributed by atoms with E-state index in [0.717, 1.165) is 52.2 Å². The summed E-state index contributed by atoms with van der Waals surface area (Å²) in [6.45, 7) is 3.35. The Hall–Kier alpha value is -3.32. The number of unbranched alkanes of at least 4 members (excludes halogenated alkanes) is 1. The topological polar surface area (TPSA) is 65.4 Å². The minimum Gasteiger partial charge on any atom is -0.493 e. The van der Waals surface area contributed by atoms with Crippen LogP contribution in [-0.2, 0) is 6.54 Å². The minimum absolute atomic E-state index is 0.121. The summed E-state index contributed by atoms with van der Waals surface area (Å²) in [6, 6.07) is 22.8. The number of benzene rings is 3. The third-order valence-corrected chi connectivity index (χ3v) is 6.16. The average molecular weight is 522 g/mol. The molecule has 7 heteroatoms. The van der Waals surface area contributed by atoms with E-state index in [9.17, 15) is 4.79 Å². The Balaban J connectivity index is 1.42. The molecule has 4 rings (SSSR count). The van der Waals surface area contributed by atoms with Crippen LogP contribution in [0.5, 0.6) is 11.5 Å². The van der Waals surface area contributed by atoms with Crippen molar-refractivity contribution in [2.24, 2.45) is 0 Å². The molecule has 3 aromatic carbocycles. The molecular weight excluding hydrogens is 494 g/mol. The van der Waals surface area contributed by atoms with E-state index in [-0.39, 0.29) is 11.9 Å². The number of fused-ring (bicyclic) bond motifs is 1. The Morgan fingerprint density at radius 3 is 2.47 bits per heavy atom. The molecular formula is C27H28BrN3O3. The van der Waals surface area contributed by atoms with Gasteiger partial charge in [-0.25, -0.2) is 4.98 Å². The van der Waals surface area contributed by atoms with Crippen molar-refractivity contribution >= 4 is 32.9 Å². The van der Waals surface area contributed by atoms with Crippen molar-refractivity contribution in [2.75, 3.05) is 13.7 Å². The Labute approximate surface area is 208 Å². The maximum atomic E-state index is 12.8. The fraction of sp³-hybridized carbons (Fsp3) is 0.259. The second kappa shape index (κ2) is 11.2. The number of hydrogen-bond acceptors (Lipinski definition) is 4. The number of aromatic nitrogens is 2. The van der Waals surface area contributed by atoms with E-state index in [1.54, 1.807) is 19.2 Å². The number of imidazole rings is 1. The van der Waals surface area contributed by atoms with Crippen LogP contribution < -0.4 is 14.8 Å². The summed E-state index contributed by atoms with van der Waals surface area (Å²) in [5, 5.41) is 3.09. The van der Waals surface area contributed by atoms with Crippen LogP contribution in [0.2, 0.25) is 0 Å². The molecule has 0 fully saturated rings. The smallest absolute Gasteiger partial charge is 0.251 e. The quantitative estimate of drug-likeness (QED) is 0.254. The predicted molar refractivity (Wildman–Crippen MR) is 137 cm³/mol. The maximum Gasteiger partial charge on any atom is 0.251 e. The highest BCUT2D eigenvalue weighted by molar-refractivity contribution is 9.10. The van der Waals surface area contributed by atoms with Gasteiger partial charge in [0.1, 0.15) is 5.82 Å². The van der Waals surface area contributed by atoms with Crippen molar-refractivity contribution in [3.8, 4) is 11.5 Å². The number of nitrogens with one attached hydrogen (secondary N) is 1. The molecule has 1 heterocycles. The lowest BCUT2D eigenvalue weighted by atomic mass is 10.2. The van der Waals surface area contributed by atoms with Crippen LogP contribution in [0.3, 0.4) is 0 Å². The van der Waals surface area contributed by atoms with Gasteiger partial charge in [-0.15, -0.1) is 0 Å². The highest BCUT2D eigenvalue weighted by Crippen LogP contribution is 2.26. The SMILES string of the molecule is COc1ccccc1OCCCCn1c(C(C)NC(=O)c2ccc(Br)cc2)nc2ccccc21. The summed E-state index contributed by atoms with van der Waals surface area (Å²) in [5.41, 5.74) is 2.60. The number of carbonyl (C=O) groups excluding carboxylic acids is 1. The first-order chi connectivity index (χ1) is 16.6. The van der Waals surface area contributed by atoms with Crippen molar-refractivity contribution in [3.63, 3.8) is 0 Å². The minimum atomic E-state index is -0.242. The molecule has 1 aromatic heterocycles. The molecule has 6 nitrogen and oxygen atoms in total. The van der Waals surface area contributed by atoms with Gasteiger partial charge in [-0.05, 0) is 68.3 Å². The fourth-order valence-electron chi connectivity index (χ4n) is 3.90. The highest BCUT2D eigenvalue weighted by Gasteiger charge is 2.19. The Morgan fingerprint density at radius 1 is 1.00 bits per heavy atom. The van der Waals surface area contributed by atoms with Crippen LogP contribution >= 0.6 is 15.9 Å². The Bertz CT molecular complexity index is 1250. The van der Waals surface area contributed by atoms with Crippen LogP contribution in [0.15, 0.2) is 77.3 Å². The zero-order valence-corrected chi connectivity index (χ0v) is 20.9. The normalized spacial score (nSPS) is 11.9. The molecule has 0 saturated heterocycles. The second-order valence-corrected chi connectivity index (χ2v) is 8.93. The molecule has 0 aliphatic heterocycles. The molecule has 34 heavy (non-hydrogen) atoms. The standard InChI is InChI=1S/C27H28BrN3O3/c1-19(29-27(32)20-13-15-21(28)16-14-20)26-30-22-9-3-4-10-23(22)31(26)17-7-8-18-34-25-12-6-5-11-24(25)33-2/h3-6,9-16,19H,7-8,17-18H2,1-2H3,(H,29,32). The Kier molecular flexibility index (Phi) is 7.85. The van der Waals surface area contributed by atoms with E-state index in [1.165, 1.54) is 0 Å². The lowest BCUT2D eigenvalue weighted by Crippen LogP contribution is -2.28. The molecule has 1 amide bonds. The van der Waals surface area contributed by atoms with E-state index in [1.807, 2.05) is 61.5 Å². The number of rotatable bonds is 10. The van der Waals surface area contributed by atoms with Crippen LogP contribution in [0, 0.1) is 0 Å². The first kappa shape index (κ1) is 23.8. The predicted octanol–water partition coefficient (Wildman–Crippen LogP) is 6.16. The van der Waals surface area contributed by atoms with Crippen molar-refractivity contribution in [1.82, 2.24) is 14.9 Å². The third kappa shape index (κ3) is 5.59. The van der Waals surface area contributed by atoms with Gasteiger partial charge in [0.2, 0.25) is 0 Å². The van der Waals surface area contributed by atoms with Gasteiger partial charge >= 0.3 is 0 Å². The first-order valence-corrected chi connectivity index (χ1v) is 12.1. The molecule has 4 aromatic rings. The van der Waals surface area contributed by atoms with Crippen LogP contribution in [0.1, 0.15) is 42.0 Å². The number of aryl methyl sites for hydroxylation is 1. The molecule has 0 bridgehead atoms.